The summed E-state index contributed by atoms with van der Waals surface area (Å²) in [6.45, 7) is 2.38. The minimum atomic E-state index is 0.502. The van der Waals surface area contributed by atoms with Crippen LogP contribution < -0.4 is 0 Å². The molecule has 1 heterocycles. The van der Waals surface area contributed by atoms with Crippen LogP contribution in [0.5, 0.6) is 5.75 Å². The van der Waals surface area contributed by atoms with Crippen LogP contribution in [0.15, 0.2) is 48.5 Å². The lowest BCUT2D eigenvalue weighted by molar-refractivity contribution is 0.113. The number of aromatic hydroxyl groups is 1. The Labute approximate surface area is 138 Å². The fraction of sp³-hybridized carbons (Fsp3) is 0.429. The molecule has 0 saturated carbocycles. The molecule has 4 rings (SSSR count). The Bertz CT molecular complexity index is 667. The molecule has 0 amide bonds. The van der Waals surface area contributed by atoms with Crippen molar-refractivity contribution in [3.05, 3.63) is 65.2 Å². The fourth-order valence-corrected chi connectivity index (χ4v) is 4.57. The smallest absolute Gasteiger partial charge is 0.119 e. The highest BCUT2D eigenvalue weighted by Gasteiger charge is 2.36. The number of phenolic OH excluding ortho intramolecular Hbond substituents is 1. The van der Waals surface area contributed by atoms with E-state index >= 15 is 0 Å². The molecule has 2 atom stereocenters. The van der Waals surface area contributed by atoms with Crippen molar-refractivity contribution in [2.24, 2.45) is 0 Å². The van der Waals surface area contributed by atoms with E-state index < -0.39 is 0 Å². The van der Waals surface area contributed by atoms with E-state index in [1.165, 1.54) is 42.5 Å². The molecule has 1 saturated heterocycles. The highest BCUT2D eigenvalue weighted by atomic mass is 16.3. The van der Waals surface area contributed by atoms with Crippen molar-refractivity contribution < 1.29 is 5.11 Å². The predicted molar refractivity (Wildman–Crippen MR) is 93.9 cm³/mol. The first-order valence-corrected chi connectivity index (χ1v) is 8.91. The van der Waals surface area contributed by atoms with Gasteiger partial charge in [-0.3, -0.25) is 4.90 Å². The van der Waals surface area contributed by atoms with Crippen LogP contribution in [-0.4, -0.2) is 29.1 Å². The van der Waals surface area contributed by atoms with E-state index in [9.17, 15) is 5.11 Å². The molecule has 2 heteroatoms. The number of benzene rings is 2. The molecule has 0 radical (unpaired) electrons. The first-order valence-electron chi connectivity index (χ1n) is 8.91. The van der Waals surface area contributed by atoms with E-state index in [0.29, 0.717) is 17.7 Å². The Hall–Kier alpha value is -1.80. The number of phenols is 1. The van der Waals surface area contributed by atoms with E-state index in [-0.39, 0.29) is 0 Å². The summed E-state index contributed by atoms with van der Waals surface area (Å²) in [6, 6.07) is 17.6. The zero-order valence-corrected chi connectivity index (χ0v) is 13.6. The van der Waals surface area contributed by atoms with Crippen LogP contribution in [0.4, 0.5) is 0 Å². The molecule has 0 unspecified atom stereocenters. The van der Waals surface area contributed by atoms with Gasteiger partial charge in [-0.05, 0) is 67.3 Å². The van der Waals surface area contributed by atoms with Gasteiger partial charge in [0.05, 0.1) is 0 Å². The van der Waals surface area contributed by atoms with Gasteiger partial charge in [-0.25, -0.2) is 0 Å². The van der Waals surface area contributed by atoms with Gasteiger partial charge in [-0.2, -0.15) is 0 Å². The summed E-state index contributed by atoms with van der Waals surface area (Å²) in [4.78, 5) is 2.70. The fourth-order valence-electron chi connectivity index (χ4n) is 4.57. The lowest BCUT2D eigenvalue weighted by Crippen LogP contribution is -2.47. The molecule has 23 heavy (non-hydrogen) atoms. The molecule has 0 spiro atoms. The van der Waals surface area contributed by atoms with Crippen molar-refractivity contribution >= 4 is 0 Å². The second-order valence-corrected chi connectivity index (χ2v) is 6.97. The zero-order valence-electron chi connectivity index (χ0n) is 13.6. The minimum absolute atomic E-state index is 0.502. The second kappa shape index (κ2) is 6.37. The van der Waals surface area contributed by atoms with Gasteiger partial charge in [-0.15, -0.1) is 0 Å². The highest BCUT2D eigenvalue weighted by molar-refractivity contribution is 5.44. The van der Waals surface area contributed by atoms with E-state index in [0.717, 1.165) is 19.4 Å². The monoisotopic (exact) mass is 307 g/mol. The molecular formula is C21H25NO. The van der Waals surface area contributed by atoms with Crippen molar-refractivity contribution in [2.45, 2.75) is 44.1 Å². The summed E-state index contributed by atoms with van der Waals surface area (Å²) in [5.74, 6) is 1.11. The van der Waals surface area contributed by atoms with Crippen LogP contribution >= 0.6 is 0 Å². The largest absolute Gasteiger partial charge is 0.508 e. The van der Waals surface area contributed by atoms with Crippen LogP contribution in [0.2, 0.25) is 0 Å². The normalized spacial score (nSPS) is 24.0. The molecule has 1 fully saturated rings. The standard InChI is InChI=1S/C21H25NO/c23-21-10-4-8-17-18-9-5-14-22(20(18)12-11-19(17)21)15-13-16-6-2-1-3-7-16/h1-4,6-8,10,18,20,23H,5,9,11-15H2/t18-,20+/m1/s1. The third kappa shape index (κ3) is 2.88. The third-order valence-electron chi connectivity index (χ3n) is 5.70. The van der Waals surface area contributed by atoms with Gasteiger partial charge in [0.15, 0.2) is 0 Å². The first kappa shape index (κ1) is 14.8. The van der Waals surface area contributed by atoms with Gasteiger partial charge in [0.1, 0.15) is 5.75 Å². The molecule has 2 aliphatic rings. The molecule has 120 valence electrons. The molecule has 1 N–H and O–H groups in total. The molecule has 1 aliphatic heterocycles. The Kier molecular flexibility index (Phi) is 4.09. The molecule has 2 aromatic rings. The Balaban J connectivity index is 1.51. The first-order chi connectivity index (χ1) is 11.3. The topological polar surface area (TPSA) is 23.5 Å². The van der Waals surface area contributed by atoms with Gasteiger partial charge in [0.25, 0.3) is 0 Å². The number of hydrogen-bond acceptors (Lipinski definition) is 2. The number of fused-ring (bicyclic) bond motifs is 3. The SMILES string of the molecule is Oc1cccc2c1CC[C@H]1[C@@H]2CCCN1CCc1ccccc1. The third-order valence-corrected chi connectivity index (χ3v) is 5.70. The molecule has 2 nitrogen and oxygen atoms in total. The van der Waals surface area contributed by atoms with E-state index in [2.05, 4.69) is 41.3 Å². The predicted octanol–water partition coefficient (Wildman–Crippen LogP) is 4.13. The maximum absolute atomic E-state index is 10.2. The lowest BCUT2D eigenvalue weighted by Gasteiger charge is -2.45. The summed E-state index contributed by atoms with van der Waals surface area (Å²) in [7, 11) is 0. The van der Waals surface area contributed by atoms with Gasteiger partial charge in [-0.1, -0.05) is 42.5 Å². The van der Waals surface area contributed by atoms with Crippen molar-refractivity contribution in [3.8, 4) is 5.75 Å². The minimum Gasteiger partial charge on any atom is -0.508 e. The number of hydrogen-bond donors (Lipinski definition) is 1. The average Bonchev–Trinajstić information content (AvgIpc) is 2.61. The summed E-state index contributed by atoms with van der Waals surface area (Å²) >= 11 is 0. The summed E-state index contributed by atoms with van der Waals surface area (Å²) in [5.41, 5.74) is 4.05. The van der Waals surface area contributed by atoms with Crippen LogP contribution in [0.1, 0.15) is 41.9 Å². The van der Waals surface area contributed by atoms with Gasteiger partial charge in [0.2, 0.25) is 0 Å². The second-order valence-electron chi connectivity index (χ2n) is 6.97. The Morgan fingerprint density at radius 2 is 1.87 bits per heavy atom. The zero-order chi connectivity index (χ0) is 15.6. The number of likely N-dealkylation sites (tertiary alicyclic amines) is 1. The molecule has 0 aromatic heterocycles. The van der Waals surface area contributed by atoms with Crippen molar-refractivity contribution in [2.75, 3.05) is 13.1 Å². The van der Waals surface area contributed by atoms with Crippen LogP contribution in [0.3, 0.4) is 0 Å². The van der Waals surface area contributed by atoms with Crippen molar-refractivity contribution in [1.82, 2.24) is 4.90 Å². The van der Waals surface area contributed by atoms with Crippen molar-refractivity contribution in [3.63, 3.8) is 0 Å². The van der Waals surface area contributed by atoms with Gasteiger partial charge >= 0.3 is 0 Å². The van der Waals surface area contributed by atoms with E-state index in [1.807, 2.05) is 12.1 Å². The summed E-state index contributed by atoms with van der Waals surface area (Å²) in [6.07, 6.45) is 5.88. The van der Waals surface area contributed by atoms with Crippen LogP contribution in [0, 0.1) is 0 Å². The Morgan fingerprint density at radius 3 is 2.74 bits per heavy atom. The van der Waals surface area contributed by atoms with Gasteiger partial charge < -0.3 is 5.11 Å². The maximum atomic E-state index is 10.2. The lowest BCUT2D eigenvalue weighted by atomic mass is 9.74. The quantitative estimate of drug-likeness (QED) is 0.921. The maximum Gasteiger partial charge on any atom is 0.119 e. The highest BCUT2D eigenvalue weighted by Crippen LogP contribution is 2.43. The van der Waals surface area contributed by atoms with Gasteiger partial charge in [0, 0.05) is 12.6 Å². The van der Waals surface area contributed by atoms with Crippen molar-refractivity contribution in [1.29, 1.82) is 0 Å². The summed E-state index contributed by atoms with van der Waals surface area (Å²) in [5, 5.41) is 10.2. The van der Waals surface area contributed by atoms with Crippen LogP contribution in [0.25, 0.3) is 0 Å². The van der Waals surface area contributed by atoms with Crippen LogP contribution in [-0.2, 0) is 12.8 Å². The molecule has 2 aromatic carbocycles. The summed E-state index contributed by atoms with van der Waals surface area (Å²) < 4.78 is 0. The number of rotatable bonds is 3. The number of nitrogens with zero attached hydrogens (tertiary/aromatic N) is 1. The average molecular weight is 307 g/mol. The molecular weight excluding hydrogens is 282 g/mol. The molecule has 1 aliphatic carbocycles. The van der Waals surface area contributed by atoms with E-state index in [4.69, 9.17) is 0 Å². The van der Waals surface area contributed by atoms with E-state index in [1.54, 1.807) is 0 Å². The number of piperidine rings is 1. The Morgan fingerprint density at radius 1 is 1.00 bits per heavy atom. The molecule has 0 bridgehead atoms.